The van der Waals surface area contributed by atoms with Crippen molar-refractivity contribution in [3.8, 4) is 0 Å². The standard InChI is InChI=1S/C18H21BrN2O3/c19-13-5-3-12(4-6-13)16(22)9-10-17(23)21-11-1-2-15(21)18(24)20-14-7-8-14/h3-6,14-15H,1-2,7-11H2,(H,20,24). The number of amides is 2. The third kappa shape index (κ3) is 4.23. The summed E-state index contributed by atoms with van der Waals surface area (Å²) in [5.41, 5.74) is 0.607. The first-order chi connectivity index (χ1) is 11.5. The fourth-order valence-electron chi connectivity index (χ4n) is 3.01. The number of hydrogen-bond acceptors (Lipinski definition) is 3. The Hall–Kier alpha value is -1.69. The molecule has 24 heavy (non-hydrogen) atoms. The van der Waals surface area contributed by atoms with E-state index in [9.17, 15) is 14.4 Å². The molecule has 0 spiro atoms. The number of benzene rings is 1. The third-order valence-corrected chi connectivity index (χ3v) is 5.06. The number of halogens is 1. The smallest absolute Gasteiger partial charge is 0.243 e. The summed E-state index contributed by atoms with van der Waals surface area (Å²) in [6, 6.07) is 7.06. The predicted octanol–water partition coefficient (Wildman–Crippen LogP) is 2.68. The van der Waals surface area contributed by atoms with Crippen LogP contribution < -0.4 is 5.32 Å². The molecule has 1 aliphatic carbocycles. The lowest BCUT2D eigenvalue weighted by Crippen LogP contribution is -2.46. The van der Waals surface area contributed by atoms with Gasteiger partial charge in [-0.2, -0.15) is 0 Å². The van der Waals surface area contributed by atoms with Gasteiger partial charge in [0.05, 0.1) is 0 Å². The Morgan fingerprint density at radius 1 is 1.08 bits per heavy atom. The highest BCUT2D eigenvalue weighted by molar-refractivity contribution is 9.10. The molecule has 0 radical (unpaired) electrons. The van der Waals surface area contributed by atoms with E-state index in [1.807, 2.05) is 12.1 Å². The summed E-state index contributed by atoms with van der Waals surface area (Å²) in [6.45, 7) is 0.605. The lowest BCUT2D eigenvalue weighted by molar-refractivity contribution is -0.138. The molecule has 0 aromatic heterocycles. The van der Waals surface area contributed by atoms with Crippen LogP contribution in [0.5, 0.6) is 0 Å². The van der Waals surface area contributed by atoms with Gasteiger partial charge in [-0.3, -0.25) is 14.4 Å². The first-order valence-electron chi connectivity index (χ1n) is 8.43. The molecule has 0 bridgehead atoms. The van der Waals surface area contributed by atoms with E-state index in [4.69, 9.17) is 0 Å². The second kappa shape index (κ2) is 7.47. The fraction of sp³-hybridized carbons (Fsp3) is 0.500. The largest absolute Gasteiger partial charge is 0.352 e. The van der Waals surface area contributed by atoms with Gasteiger partial charge >= 0.3 is 0 Å². The lowest BCUT2D eigenvalue weighted by atomic mass is 10.1. The Morgan fingerprint density at radius 3 is 2.46 bits per heavy atom. The van der Waals surface area contributed by atoms with Crippen molar-refractivity contribution in [2.24, 2.45) is 0 Å². The van der Waals surface area contributed by atoms with Gasteiger partial charge in [-0.05, 0) is 37.8 Å². The molecule has 1 aromatic rings. The van der Waals surface area contributed by atoms with E-state index in [1.54, 1.807) is 17.0 Å². The second-order valence-electron chi connectivity index (χ2n) is 6.46. The molecule has 5 nitrogen and oxygen atoms in total. The van der Waals surface area contributed by atoms with Gasteiger partial charge in [0.25, 0.3) is 0 Å². The van der Waals surface area contributed by atoms with Crippen molar-refractivity contribution in [3.63, 3.8) is 0 Å². The SMILES string of the molecule is O=C(CCC(=O)N1CCCC1C(=O)NC1CC1)c1ccc(Br)cc1. The minimum atomic E-state index is -0.360. The molecule has 3 rings (SSSR count). The zero-order chi connectivity index (χ0) is 17.1. The van der Waals surface area contributed by atoms with E-state index in [2.05, 4.69) is 21.2 Å². The number of rotatable bonds is 6. The van der Waals surface area contributed by atoms with Crippen molar-refractivity contribution < 1.29 is 14.4 Å². The van der Waals surface area contributed by atoms with Crippen molar-refractivity contribution in [2.75, 3.05) is 6.54 Å². The first kappa shape index (κ1) is 17.1. The number of nitrogens with one attached hydrogen (secondary N) is 1. The van der Waals surface area contributed by atoms with E-state index in [1.165, 1.54) is 0 Å². The Labute approximate surface area is 149 Å². The van der Waals surface area contributed by atoms with E-state index < -0.39 is 0 Å². The molecule has 2 amide bonds. The summed E-state index contributed by atoms with van der Waals surface area (Å²) >= 11 is 3.33. The number of carbonyl (C=O) groups excluding carboxylic acids is 3. The molecular weight excluding hydrogens is 372 g/mol. The Balaban J connectivity index is 1.52. The van der Waals surface area contributed by atoms with E-state index in [-0.39, 0.29) is 36.5 Å². The van der Waals surface area contributed by atoms with Gasteiger partial charge in [0.1, 0.15) is 6.04 Å². The Morgan fingerprint density at radius 2 is 1.79 bits per heavy atom. The van der Waals surface area contributed by atoms with Crippen LogP contribution in [0.2, 0.25) is 0 Å². The molecule has 1 aliphatic heterocycles. The summed E-state index contributed by atoms with van der Waals surface area (Å²) in [5, 5.41) is 2.97. The van der Waals surface area contributed by atoms with Crippen LogP contribution in [-0.4, -0.2) is 41.1 Å². The quantitative estimate of drug-likeness (QED) is 0.756. The van der Waals surface area contributed by atoms with E-state index in [0.717, 1.165) is 23.7 Å². The van der Waals surface area contributed by atoms with Crippen molar-refractivity contribution >= 4 is 33.5 Å². The number of nitrogens with zero attached hydrogens (tertiary/aromatic N) is 1. The van der Waals surface area contributed by atoms with Gasteiger partial charge in [-0.1, -0.05) is 28.1 Å². The van der Waals surface area contributed by atoms with Gasteiger partial charge in [-0.15, -0.1) is 0 Å². The van der Waals surface area contributed by atoms with Crippen LogP contribution in [0.25, 0.3) is 0 Å². The van der Waals surface area contributed by atoms with Crippen molar-refractivity contribution in [1.82, 2.24) is 10.2 Å². The fourth-order valence-corrected chi connectivity index (χ4v) is 3.27. The highest BCUT2D eigenvalue weighted by atomic mass is 79.9. The maximum Gasteiger partial charge on any atom is 0.243 e. The maximum absolute atomic E-state index is 12.4. The molecule has 1 aromatic carbocycles. The van der Waals surface area contributed by atoms with Crippen LogP contribution in [0.15, 0.2) is 28.7 Å². The number of likely N-dealkylation sites (tertiary alicyclic amines) is 1. The molecule has 2 aliphatic rings. The third-order valence-electron chi connectivity index (χ3n) is 4.53. The number of hydrogen-bond donors (Lipinski definition) is 1. The van der Waals surface area contributed by atoms with Crippen LogP contribution in [-0.2, 0) is 9.59 Å². The molecule has 2 fully saturated rings. The number of carbonyl (C=O) groups is 3. The summed E-state index contributed by atoms with van der Waals surface area (Å²) < 4.78 is 0.914. The van der Waals surface area contributed by atoms with Crippen LogP contribution >= 0.6 is 15.9 Å². The van der Waals surface area contributed by atoms with E-state index in [0.29, 0.717) is 24.6 Å². The van der Waals surface area contributed by atoms with E-state index >= 15 is 0 Å². The first-order valence-corrected chi connectivity index (χ1v) is 9.22. The molecule has 6 heteroatoms. The maximum atomic E-state index is 12.4. The summed E-state index contributed by atoms with van der Waals surface area (Å²) in [6.07, 6.45) is 3.96. The Bertz CT molecular complexity index is 640. The monoisotopic (exact) mass is 392 g/mol. The van der Waals surface area contributed by atoms with Gasteiger partial charge in [0.15, 0.2) is 5.78 Å². The van der Waals surface area contributed by atoms with Crippen LogP contribution in [0, 0.1) is 0 Å². The molecule has 1 atom stereocenters. The molecular formula is C18H21BrN2O3. The summed E-state index contributed by atoms with van der Waals surface area (Å²) in [4.78, 5) is 38.5. The molecule has 1 saturated heterocycles. The number of Topliss-reactive ketones (excluding diaryl/α,β-unsaturated/α-hetero) is 1. The summed E-state index contributed by atoms with van der Waals surface area (Å²) in [5.74, 6) is -0.189. The summed E-state index contributed by atoms with van der Waals surface area (Å²) in [7, 11) is 0. The van der Waals surface area contributed by atoms with Crippen molar-refractivity contribution in [2.45, 2.75) is 50.6 Å². The topological polar surface area (TPSA) is 66.5 Å². The van der Waals surface area contributed by atoms with Gasteiger partial charge < -0.3 is 10.2 Å². The second-order valence-corrected chi connectivity index (χ2v) is 7.37. The lowest BCUT2D eigenvalue weighted by Gasteiger charge is -2.24. The van der Waals surface area contributed by atoms with Gasteiger partial charge in [0.2, 0.25) is 11.8 Å². The average Bonchev–Trinajstić information content (AvgIpc) is 3.24. The zero-order valence-electron chi connectivity index (χ0n) is 13.5. The van der Waals surface area contributed by atoms with Gasteiger partial charge in [-0.25, -0.2) is 0 Å². The number of ketones is 1. The molecule has 1 heterocycles. The molecule has 128 valence electrons. The minimum absolute atomic E-state index is 0.0393. The highest BCUT2D eigenvalue weighted by Crippen LogP contribution is 2.23. The Kier molecular flexibility index (Phi) is 5.33. The molecule has 1 N–H and O–H groups in total. The normalized spacial score (nSPS) is 20.0. The average molecular weight is 393 g/mol. The van der Waals surface area contributed by atoms with Crippen LogP contribution in [0.1, 0.15) is 48.9 Å². The van der Waals surface area contributed by atoms with Gasteiger partial charge in [0, 0.05) is 35.5 Å². The van der Waals surface area contributed by atoms with Crippen molar-refractivity contribution in [3.05, 3.63) is 34.3 Å². The van der Waals surface area contributed by atoms with Crippen molar-refractivity contribution in [1.29, 1.82) is 0 Å². The van der Waals surface area contributed by atoms with Crippen LogP contribution in [0.3, 0.4) is 0 Å². The minimum Gasteiger partial charge on any atom is -0.352 e. The van der Waals surface area contributed by atoms with Crippen LogP contribution in [0.4, 0.5) is 0 Å². The molecule has 1 unspecified atom stereocenters. The zero-order valence-corrected chi connectivity index (χ0v) is 15.0. The highest BCUT2D eigenvalue weighted by Gasteiger charge is 2.36. The predicted molar refractivity (Wildman–Crippen MR) is 93.6 cm³/mol. The molecule has 1 saturated carbocycles.